The van der Waals surface area contributed by atoms with E-state index in [0.29, 0.717) is 10.7 Å². The van der Waals surface area contributed by atoms with Gasteiger partial charge in [0.05, 0.1) is 15.9 Å². The predicted octanol–water partition coefficient (Wildman–Crippen LogP) is 4.30. The Morgan fingerprint density at radius 3 is 2.76 bits per heavy atom. The summed E-state index contributed by atoms with van der Waals surface area (Å²) >= 11 is 1.49. The average molecular weight is 348 g/mol. The number of benzene rings is 2. The van der Waals surface area contributed by atoms with Crippen molar-refractivity contribution in [1.82, 2.24) is 14.8 Å². The van der Waals surface area contributed by atoms with Gasteiger partial charge in [-0.2, -0.15) is 5.10 Å². The minimum atomic E-state index is -0.165. The molecule has 0 atom stereocenters. The number of aromatic nitrogens is 3. The number of nitrogens with zero attached hydrogens (tertiary/aromatic N) is 3. The molecule has 0 saturated heterocycles. The number of carbonyl (C=O) groups excluding carboxylic acids is 1. The van der Waals surface area contributed by atoms with E-state index in [9.17, 15) is 4.79 Å². The molecule has 0 unspecified atom stereocenters. The van der Waals surface area contributed by atoms with Crippen LogP contribution < -0.4 is 5.32 Å². The summed E-state index contributed by atoms with van der Waals surface area (Å²) in [5.41, 5.74) is 3.67. The third-order valence-electron chi connectivity index (χ3n) is 3.98. The number of nitrogens with one attached hydrogen (secondary N) is 1. The van der Waals surface area contributed by atoms with Gasteiger partial charge in [-0.25, -0.2) is 9.67 Å². The average Bonchev–Trinajstić information content (AvgIpc) is 3.30. The SMILES string of the molecule is CCc1ccc2nc(NC(=O)c3ccc(-n4cccn4)cc3)sc2c1. The number of carbonyl (C=O) groups is 1. The van der Waals surface area contributed by atoms with Gasteiger partial charge in [-0.1, -0.05) is 24.3 Å². The minimum Gasteiger partial charge on any atom is -0.298 e. The first-order valence-corrected chi connectivity index (χ1v) is 8.85. The number of anilines is 1. The van der Waals surface area contributed by atoms with Crippen LogP contribution >= 0.6 is 11.3 Å². The smallest absolute Gasteiger partial charge is 0.257 e. The third kappa shape index (κ3) is 3.16. The molecule has 25 heavy (non-hydrogen) atoms. The lowest BCUT2D eigenvalue weighted by Crippen LogP contribution is -2.11. The largest absolute Gasteiger partial charge is 0.298 e. The maximum Gasteiger partial charge on any atom is 0.257 e. The fourth-order valence-electron chi connectivity index (χ4n) is 2.60. The zero-order valence-corrected chi connectivity index (χ0v) is 14.5. The van der Waals surface area contributed by atoms with Crippen LogP contribution in [0.25, 0.3) is 15.9 Å². The van der Waals surface area contributed by atoms with Crippen molar-refractivity contribution in [3.05, 3.63) is 72.1 Å². The van der Waals surface area contributed by atoms with Gasteiger partial charge in [0.1, 0.15) is 0 Å². The van der Waals surface area contributed by atoms with Gasteiger partial charge >= 0.3 is 0 Å². The maximum atomic E-state index is 12.4. The van der Waals surface area contributed by atoms with Crippen molar-refractivity contribution < 1.29 is 4.79 Å². The third-order valence-corrected chi connectivity index (χ3v) is 4.91. The zero-order chi connectivity index (χ0) is 17.2. The molecule has 0 radical (unpaired) electrons. The molecule has 2 aromatic heterocycles. The normalized spacial score (nSPS) is 10.9. The standard InChI is InChI=1S/C19H16N4OS/c1-2-13-4-9-16-17(12-13)25-19(21-16)22-18(24)14-5-7-15(8-6-14)23-11-3-10-20-23/h3-12H,2H2,1H3,(H,21,22,24). The van der Waals surface area contributed by atoms with Crippen molar-refractivity contribution in [2.24, 2.45) is 0 Å². The summed E-state index contributed by atoms with van der Waals surface area (Å²) in [4.78, 5) is 16.9. The second-order valence-electron chi connectivity index (χ2n) is 5.63. The van der Waals surface area contributed by atoms with E-state index < -0.39 is 0 Å². The van der Waals surface area contributed by atoms with E-state index in [-0.39, 0.29) is 5.91 Å². The number of thiazole rings is 1. The maximum absolute atomic E-state index is 12.4. The summed E-state index contributed by atoms with van der Waals surface area (Å²) in [6, 6.07) is 15.4. The van der Waals surface area contributed by atoms with Crippen molar-refractivity contribution in [1.29, 1.82) is 0 Å². The molecule has 5 nitrogen and oxygen atoms in total. The fraction of sp³-hybridized carbons (Fsp3) is 0.105. The van der Waals surface area contributed by atoms with Crippen LogP contribution in [0.1, 0.15) is 22.8 Å². The van der Waals surface area contributed by atoms with Crippen LogP contribution in [0.5, 0.6) is 0 Å². The van der Waals surface area contributed by atoms with Gasteiger partial charge in [0.25, 0.3) is 5.91 Å². The number of fused-ring (bicyclic) bond motifs is 1. The number of amides is 1. The highest BCUT2D eigenvalue weighted by Crippen LogP contribution is 2.27. The zero-order valence-electron chi connectivity index (χ0n) is 13.6. The molecule has 0 aliphatic rings. The van der Waals surface area contributed by atoms with E-state index in [1.807, 2.05) is 30.5 Å². The molecule has 0 aliphatic carbocycles. The Morgan fingerprint density at radius 2 is 2.04 bits per heavy atom. The predicted molar refractivity (Wildman–Crippen MR) is 101 cm³/mol. The Bertz CT molecular complexity index is 1020. The van der Waals surface area contributed by atoms with Crippen LogP contribution in [0.4, 0.5) is 5.13 Å². The van der Waals surface area contributed by atoms with Crippen LogP contribution in [0.15, 0.2) is 60.9 Å². The quantitative estimate of drug-likeness (QED) is 0.598. The summed E-state index contributed by atoms with van der Waals surface area (Å²) < 4.78 is 2.84. The summed E-state index contributed by atoms with van der Waals surface area (Å²) in [6.45, 7) is 2.12. The van der Waals surface area contributed by atoms with Gasteiger partial charge in [-0.3, -0.25) is 10.1 Å². The topological polar surface area (TPSA) is 59.8 Å². The van der Waals surface area contributed by atoms with E-state index in [1.165, 1.54) is 16.9 Å². The van der Waals surface area contributed by atoms with Gasteiger partial charge in [0.2, 0.25) is 0 Å². The number of aryl methyl sites for hydroxylation is 1. The molecule has 2 aromatic carbocycles. The minimum absolute atomic E-state index is 0.165. The second-order valence-corrected chi connectivity index (χ2v) is 6.66. The van der Waals surface area contributed by atoms with Crippen molar-refractivity contribution in [2.75, 3.05) is 5.32 Å². The number of hydrogen-bond acceptors (Lipinski definition) is 4. The van der Waals surface area contributed by atoms with Crippen LogP contribution in [-0.4, -0.2) is 20.7 Å². The molecule has 0 bridgehead atoms. The van der Waals surface area contributed by atoms with Gasteiger partial charge < -0.3 is 0 Å². The molecular formula is C19H16N4OS. The highest BCUT2D eigenvalue weighted by atomic mass is 32.1. The molecule has 0 aliphatic heterocycles. The van der Waals surface area contributed by atoms with E-state index in [2.05, 4.69) is 34.5 Å². The molecule has 124 valence electrons. The van der Waals surface area contributed by atoms with Crippen LogP contribution in [0, 0.1) is 0 Å². The summed E-state index contributed by atoms with van der Waals surface area (Å²) in [5.74, 6) is -0.165. The van der Waals surface area contributed by atoms with Crippen molar-refractivity contribution in [3.8, 4) is 5.69 Å². The Hall–Kier alpha value is -2.99. The van der Waals surface area contributed by atoms with E-state index >= 15 is 0 Å². The van der Waals surface area contributed by atoms with Crippen LogP contribution in [0.2, 0.25) is 0 Å². The van der Waals surface area contributed by atoms with E-state index in [0.717, 1.165) is 22.3 Å². The Balaban J connectivity index is 1.53. The molecule has 0 fully saturated rings. The Labute approximate surface area is 149 Å². The molecule has 1 N–H and O–H groups in total. The first kappa shape index (κ1) is 15.5. The molecule has 4 rings (SSSR count). The lowest BCUT2D eigenvalue weighted by Gasteiger charge is -2.04. The van der Waals surface area contributed by atoms with Crippen molar-refractivity contribution >= 4 is 32.6 Å². The van der Waals surface area contributed by atoms with Gasteiger partial charge in [-0.05, 0) is 54.4 Å². The monoisotopic (exact) mass is 348 g/mol. The lowest BCUT2D eigenvalue weighted by atomic mass is 10.2. The lowest BCUT2D eigenvalue weighted by molar-refractivity contribution is 0.102. The molecule has 0 saturated carbocycles. The summed E-state index contributed by atoms with van der Waals surface area (Å²) in [6.07, 6.45) is 4.57. The van der Waals surface area contributed by atoms with E-state index in [1.54, 1.807) is 23.0 Å². The van der Waals surface area contributed by atoms with E-state index in [4.69, 9.17) is 0 Å². The van der Waals surface area contributed by atoms with Crippen molar-refractivity contribution in [3.63, 3.8) is 0 Å². The van der Waals surface area contributed by atoms with Crippen molar-refractivity contribution in [2.45, 2.75) is 13.3 Å². The Kier molecular flexibility index (Phi) is 4.03. The van der Waals surface area contributed by atoms with Gasteiger partial charge in [0.15, 0.2) is 5.13 Å². The van der Waals surface area contributed by atoms with Gasteiger partial charge in [-0.15, -0.1) is 0 Å². The summed E-state index contributed by atoms with van der Waals surface area (Å²) in [5, 5.41) is 7.68. The van der Waals surface area contributed by atoms with Gasteiger partial charge in [0, 0.05) is 18.0 Å². The number of rotatable bonds is 4. The first-order chi connectivity index (χ1) is 12.2. The highest BCUT2D eigenvalue weighted by molar-refractivity contribution is 7.22. The second kappa shape index (κ2) is 6.49. The molecule has 1 amide bonds. The fourth-order valence-corrected chi connectivity index (χ4v) is 3.52. The molecule has 6 heteroatoms. The first-order valence-electron chi connectivity index (χ1n) is 8.04. The Morgan fingerprint density at radius 1 is 1.20 bits per heavy atom. The molecular weight excluding hydrogens is 332 g/mol. The van der Waals surface area contributed by atoms with Crippen LogP contribution in [0.3, 0.4) is 0 Å². The molecule has 2 heterocycles. The van der Waals surface area contributed by atoms with Crippen LogP contribution in [-0.2, 0) is 6.42 Å². The highest BCUT2D eigenvalue weighted by Gasteiger charge is 2.10. The summed E-state index contributed by atoms with van der Waals surface area (Å²) in [7, 11) is 0. The number of hydrogen-bond donors (Lipinski definition) is 1. The molecule has 0 spiro atoms. The molecule has 4 aromatic rings.